The highest BCUT2D eigenvalue weighted by atomic mass is 16.1. The summed E-state index contributed by atoms with van der Waals surface area (Å²) < 4.78 is 3.49. The van der Waals surface area contributed by atoms with Gasteiger partial charge in [-0.3, -0.25) is 4.79 Å². The molecule has 2 aromatic rings. The molecule has 0 aliphatic heterocycles. The average molecular weight is 300 g/mol. The number of nitrogens with two attached hydrogens (primary N) is 1. The van der Waals surface area contributed by atoms with Gasteiger partial charge in [0, 0.05) is 29.6 Å². The molecule has 0 unspecified atom stereocenters. The second kappa shape index (κ2) is 6.22. The molecule has 0 aliphatic rings. The van der Waals surface area contributed by atoms with E-state index in [0.29, 0.717) is 11.7 Å². The van der Waals surface area contributed by atoms with Gasteiger partial charge in [-0.1, -0.05) is 13.8 Å². The van der Waals surface area contributed by atoms with Crippen molar-refractivity contribution in [1.29, 1.82) is 0 Å². The zero-order valence-electron chi connectivity index (χ0n) is 13.9. The van der Waals surface area contributed by atoms with Crippen LogP contribution in [0.2, 0.25) is 0 Å². The van der Waals surface area contributed by atoms with Crippen LogP contribution in [0.25, 0.3) is 0 Å². The first-order valence-corrected chi connectivity index (χ1v) is 7.50. The molecule has 2 rings (SSSR count). The highest BCUT2D eigenvalue weighted by Gasteiger charge is 2.09. The summed E-state index contributed by atoms with van der Waals surface area (Å²) in [7, 11) is 0. The Labute approximate surface area is 131 Å². The quantitative estimate of drug-likeness (QED) is 0.882. The van der Waals surface area contributed by atoms with E-state index in [4.69, 9.17) is 5.73 Å². The SMILES string of the molecule is Cc1cc(N)n(/N=C\c2cc(C)n(CC(C)C)c2C)c(=O)c1. The third-order valence-corrected chi connectivity index (χ3v) is 3.65. The molecule has 5 heteroatoms. The van der Waals surface area contributed by atoms with Gasteiger partial charge < -0.3 is 10.3 Å². The van der Waals surface area contributed by atoms with E-state index < -0.39 is 0 Å². The average Bonchev–Trinajstić information content (AvgIpc) is 2.65. The molecule has 0 atom stereocenters. The first-order valence-electron chi connectivity index (χ1n) is 7.50. The van der Waals surface area contributed by atoms with Crippen LogP contribution in [0.1, 0.15) is 36.4 Å². The van der Waals surface area contributed by atoms with Crippen molar-refractivity contribution in [2.45, 2.75) is 41.2 Å². The molecule has 5 nitrogen and oxygen atoms in total. The van der Waals surface area contributed by atoms with Crippen LogP contribution in [0, 0.1) is 26.7 Å². The molecule has 0 saturated heterocycles. The summed E-state index contributed by atoms with van der Waals surface area (Å²) in [5.41, 5.74) is 9.83. The predicted octanol–water partition coefficient (Wildman–Crippen LogP) is 2.70. The van der Waals surface area contributed by atoms with Gasteiger partial charge in [0.1, 0.15) is 5.82 Å². The maximum atomic E-state index is 11.9. The highest BCUT2D eigenvalue weighted by molar-refractivity contribution is 5.81. The van der Waals surface area contributed by atoms with E-state index in [0.717, 1.165) is 23.4 Å². The number of nitrogens with zero attached hydrogens (tertiary/aromatic N) is 3. The number of nitrogen functional groups attached to an aromatic ring is 1. The van der Waals surface area contributed by atoms with E-state index in [-0.39, 0.29) is 5.56 Å². The molecule has 0 bridgehead atoms. The number of aryl methyl sites for hydroxylation is 2. The molecule has 0 aromatic carbocycles. The van der Waals surface area contributed by atoms with Crippen LogP contribution in [0.5, 0.6) is 0 Å². The van der Waals surface area contributed by atoms with Crippen LogP contribution in [-0.4, -0.2) is 15.5 Å². The minimum Gasteiger partial charge on any atom is -0.384 e. The Morgan fingerprint density at radius 3 is 2.50 bits per heavy atom. The monoisotopic (exact) mass is 300 g/mol. The minimum atomic E-state index is -0.218. The normalized spacial score (nSPS) is 11.7. The Morgan fingerprint density at radius 1 is 1.23 bits per heavy atom. The maximum absolute atomic E-state index is 11.9. The molecule has 22 heavy (non-hydrogen) atoms. The molecule has 0 amide bonds. The van der Waals surface area contributed by atoms with Gasteiger partial charge in [0.05, 0.1) is 6.21 Å². The molecular weight excluding hydrogens is 276 g/mol. The second-order valence-electron chi connectivity index (χ2n) is 6.18. The fourth-order valence-electron chi connectivity index (χ4n) is 2.57. The summed E-state index contributed by atoms with van der Waals surface area (Å²) in [4.78, 5) is 11.9. The van der Waals surface area contributed by atoms with Crippen LogP contribution >= 0.6 is 0 Å². The molecule has 0 spiro atoms. The summed E-state index contributed by atoms with van der Waals surface area (Å²) in [5.74, 6) is 0.919. The van der Waals surface area contributed by atoms with E-state index in [9.17, 15) is 4.79 Å². The third kappa shape index (κ3) is 3.30. The van der Waals surface area contributed by atoms with Crippen molar-refractivity contribution in [1.82, 2.24) is 9.24 Å². The van der Waals surface area contributed by atoms with Crippen LogP contribution in [0.15, 0.2) is 28.1 Å². The Balaban J connectivity index is 2.38. The highest BCUT2D eigenvalue weighted by Crippen LogP contribution is 2.15. The lowest BCUT2D eigenvalue weighted by Crippen LogP contribution is -2.19. The lowest BCUT2D eigenvalue weighted by Gasteiger charge is -2.11. The van der Waals surface area contributed by atoms with Crippen molar-refractivity contribution in [2.75, 3.05) is 5.73 Å². The molecule has 0 saturated carbocycles. The van der Waals surface area contributed by atoms with Gasteiger partial charge >= 0.3 is 0 Å². The fraction of sp³-hybridized carbons (Fsp3) is 0.412. The molecule has 2 aromatic heterocycles. The number of hydrogen-bond acceptors (Lipinski definition) is 3. The summed E-state index contributed by atoms with van der Waals surface area (Å²) in [5, 5.41) is 4.25. The molecule has 2 heterocycles. The third-order valence-electron chi connectivity index (χ3n) is 3.65. The maximum Gasteiger partial charge on any atom is 0.273 e. The van der Waals surface area contributed by atoms with E-state index >= 15 is 0 Å². The van der Waals surface area contributed by atoms with E-state index in [1.807, 2.05) is 6.92 Å². The second-order valence-corrected chi connectivity index (χ2v) is 6.18. The Hall–Kier alpha value is -2.30. The van der Waals surface area contributed by atoms with Gasteiger partial charge in [-0.25, -0.2) is 0 Å². The first kappa shape index (κ1) is 16.1. The van der Waals surface area contributed by atoms with Gasteiger partial charge in [0.25, 0.3) is 5.56 Å². The first-order chi connectivity index (χ1) is 10.3. The van der Waals surface area contributed by atoms with Gasteiger partial charge in [0.2, 0.25) is 0 Å². The molecule has 0 aliphatic carbocycles. The standard InChI is InChI=1S/C17H24N4O/c1-11(2)10-20-13(4)8-15(14(20)5)9-19-21-16(18)6-12(3)7-17(21)22/h6-9,11H,10,18H2,1-5H3/b19-9-. The van der Waals surface area contributed by atoms with Crippen molar-refractivity contribution >= 4 is 12.0 Å². The molecule has 0 fully saturated rings. The summed E-state index contributed by atoms with van der Waals surface area (Å²) in [6.45, 7) is 11.3. The van der Waals surface area contributed by atoms with Gasteiger partial charge in [-0.05, 0) is 44.4 Å². The Kier molecular flexibility index (Phi) is 4.54. The molecule has 2 N–H and O–H groups in total. The number of pyridine rings is 1. The van der Waals surface area contributed by atoms with Crippen molar-refractivity contribution in [3.63, 3.8) is 0 Å². The predicted molar refractivity (Wildman–Crippen MR) is 91.6 cm³/mol. The minimum absolute atomic E-state index is 0.218. The molecule has 118 valence electrons. The van der Waals surface area contributed by atoms with Crippen LogP contribution in [0.3, 0.4) is 0 Å². The summed E-state index contributed by atoms with van der Waals surface area (Å²) >= 11 is 0. The van der Waals surface area contributed by atoms with E-state index in [1.54, 1.807) is 12.3 Å². The topological polar surface area (TPSA) is 65.3 Å². The number of hydrogen-bond donors (Lipinski definition) is 1. The molecule has 0 radical (unpaired) electrons. The zero-order chi connectivity index (χ0) is 16.4. The van der Waals surface area contributed by atoms with Crippen LogP contribution in [0.4, 0.5) is 5.82 Å². The van der Waals surface area contributed by atoms with Crippen LogP contribution in [-0.2, 0) is 6.54 Å². The van der Waals surface area contributed by atoms with E-state index in [1.165, 1.54) is 16.4 Å². The number of rotatable bonds is 4. The van der Waals surface area contributed by atoms with Crippen molar-refractivity contribution in [3.8, 4) is 0 Å². The largest absolute Gasteiger partial charge is 0.384 e. The fourth-order valence-corrected chi connectivity index (χ4v) is 2.57. The van der Waals surface area contributed by atoms with Crippen LogP contribution < -0.4 is 11.3 Å². The molecular formula is C17H24N4O. The zero-order valence-corrected chi connectivity index (χ0v) is 13.9. The van der Waals surface area contributed by atoms with Gasteiger partial charge in [0.15, 0.2) is 0 Å². The van der Waals surface area contributed by atoms with E-state index in [2.05, 4.69) is 43.4 Å². The number of aromatic nitrogens is 2. The number of anilines is 1. The lowest BCUT2D eigenvalue weighted by atomic mass is 10.2. The Morgan fingerprint density at radius 2 is 1.91 bits per heavy atom. The van der Waals surface area contributed by atoms with Crippen molar-refractivity contribution in [2.24, 2.45) is 11.0 Å². The lowest BCUT2D eigenvalue weighted by molar-refractivity contribution is 0.509. The summed E-state index contributed by atoms with van der Waals surface area (Å²) in [6, 6.07) is 5.34. The summed E-state index contributed by atoms with van der Waals surface area (Å²) in [6.07, 6.45) is 1.70. The Bertz CT molecular complexity index is 766. The van der Waals surface area contributed by atoms with Gasteiger partial charge in [-0.15, -0.1) is 0 Å². The smallest absolute Gasteiger partial charge is 0.273 e. The van der Waals surface area contributed by atoms with Gasteiger partial charge in [-0.2, -0.15) is 9.78 Å². The van der Waals surface area contributed by atoms with Crippen molar-refractivity contribution < 1.29 is 0 Å². The van der Waals surface area contributed by atoms with Crippen molar-refractivity contribution in [3.05, 3.63) is 51.1 Å².